The van der Waals surface area contributed by atoms with Crippen molar-refractivity contribution in [2.75, 3.05) is 26.9 Å². The summed E-state index contributed by atoms with van der Waals surface area (Å²) < 4.78 is 111. The first-order chi connectivity index (χ1) is 42.1. The summed E-state index contributed by atoms with van der Waals surface area (Å²) in [5.41, 5.74) is -0.0831. The third-order valence-electron chi connectivity index (χ3n) is 13.8. The molecule has 10 atom stereocenters. The average molecular weight is 1240 g/mol. The molecule has 0 amide bonds. The number of esters is 7. The molecule has 24 heteroatoms. The smallest absolute Gasteiger partial charge is 0.726 e. The van der Waals surface area contributed by atoms with Crippen molar-refractivity contribution in [2.24, 2.45) is 0 Å². The molecule has 0 radical (unpaired) electrons. The zero-order valence-electron chi connectivity index (χ0n) is 48.1. The van der Waals surface area contributed by atoms with Crippen LogP contribution >= 0.6 is 0 Å². The van der Waals surface area contributed by atoms with Crippen LogP contribution in [0.2, 0.25) is 0 Å². The molecule has 2 aliphatic rings. The van der Waals surface area contributed by atoms with E-state index in [9.17, 15) is 46.5 Å². The largest absolute Gasteiger partial charge is 1.00 e. The maximum absolute atomic E-state index is 14.6. The van der Waals surface area contributed by atoms with Crippen molar-refractivity contribution >= 4 is 52.2 Å². The van der Waals surface area contributed by atoms with Crippen molar-refractivity contribution in [3.63, 3.8) is 0 Å². The number of hydrogen-bond acceptors (Lipinski definition) is 22. The van der Waals surface area contributed by atoms with Crippen molar-refractivity contribution in [2.45, 2.75) is 106 Å². The summed E-state index contributed by atoms with van der Waals surface area (Å²) in [4.78, 5) is 96.9. The molecule has 2 heterocycles. The number of hydrogen-bond donors (Lipinski definition) is 0. The minimum absolute atomic E-state index is 0. The van der Waals surface area contributed by atoms with Crippen LogP contribution in [-0.2, 0) is 71.5 Å². The first kappa shape index (κ1) is 67.8. The van der Waals surface area contributed by atoms with Gasteiger partial charge in [-0.3, -0.25) is 8.98 Å². The second-order valence-electron chi connectivity index (χ2n) is 19.8. The van der Waals surface area contributed by atoms with E-state index in [0.29, 0.717) is 19.3 Å². The first-order valence-corrected chi connectivity index (χ1v) is 29.3. The Labute approximate surface area is 530 Å². The molecular weight excluding hydrogens is 1180 g/mol. The van der Waals surface area contributed by atoms with Crippen LogP contribution in [0.25, 0.3) is 0 Å². The molecule has 0 aromatic heterocycles. The van der Waals surface area contributed by atoms with E-state index in [1.165, 1.54) is 104 Å². The zero-order chi connectivity index (χ0) is 61.5. The summed E-state index contributed by atoms with van der Waals surface area (Å²) in [7, 11) is -4.51. The summed E-state index contributed by atoms with van der Waals surface area (Å²) in [6, 6.07) is 45.3. The molecule has 0 saturated carbocycles. The Morgan fingerprint density at radius 1 is 0.409 bits per heavy atom. The molecule has 0 unspecified atom stereocenters. The van der Waals surface area contributed by atoms with Crippen molar-refractivity contribution in [3.8, 4) is 0 Å². The molecule has 2 saturated heterocycles. The molecule has 0 aliphatic carbocycles. The molecule has 6 aromatic carbocycles. The van der Waals surface area contributed by atoms with Gasteiger partial charge in [-0.25, -0.2) is 37.2 Å². The number of carbonyl (C=O) groups is 7. The zero-order valence-corrected chi connectivity index (χ0v) is 50.9. The van der Waals surface area contributed by atoms with Crippen LogP contribution in [0.1, 0.15) is 107 Å². The normalized spacial score (nSPS) is 21.4. The number of carbonyl (C=O) groups excluding carboxylic acids is 7. The van der Waals surface area contributed by atoms with Crippen molar-refractivity contribution < 1.29 is 132 Å². The van der Waals surface area contributed by atoms with Gasteiger partial charge in [0, 0.05) is 13.0 Å². The fourth-order valence-electron chi connectivity index (χ4n) is 9.43. The van der Waals surface area contributed by atoms with Gasteiger partial charge in [-0.1, -0.05) is 135 Å². The second-order valence-corrected chi connectivity index (χ2v) is 20.9. The summed E-state index contributed by atoms with van der Waals surface area (Å²) in [5.74, 6) is -6.46. The number of rotatable bonds is 28. The Kier molecular flexibility index (Phi) is 26.3. The molecule has 2 fully saturated rings. The first-order valence-electron chi connectivity index (χ1n) is 27.9. The van der Waals surface area contributed by atoms with Crippen LogP contribution in [0.4, 0.5) is 0 Å². The molecule has 0 N–H and O–H groups in total. The fourth-order valence-corrected chi connectivity index (χ4v) is 9.94. The predicted octanol–water partition coefficient (Wildman–Crippen LogP) is 5.21. The van der Waals surface area contributed by atoms with E-state index in [-0.39, 0.29) is 81.9 Å². The van der Waals surface area contributed by atoms with E-state index in [1.807, 2.05) is 0 Å². The number of ether oxygens (including phenoxy) is 11. The molecule has 88 heavy (non-hydrogen) atoms. The minimum atomic E-state index is -5.84. The molecule has 458 valence electrons. The van der Waals surface area contributed by atoms with Gasteiger partial charge in [0.1, 0.15) is 37.6 Å². The van der Waals surface area contributed by atoms with Gasteiger partial charge in [-0.05, 0) is 85.6 Å². The SMILES string of the molecule is COC(=O)CCCCCCCCO[C@@H]1O[C@H](COC(=O)c2ccccc2)[C@@H](O[C@@H]2O[C@H](COC(=O)c3ccccc3)[C@H](OS(=O)(=O)[O-])[C@H](OC(=O)c3ccccc3)[C@H]2OC(=O)c2ccccc2)[C@H](OC(=O)c2ccccc2)[C@H]1OC(=O)c1ccccc1.[Na+]. The summed E-state index contributed by atoms with van der Waals surface area (Å²) in [5, 5.41) is 0. The van der Waals surface area contributed by atoms with E-state index < -0.39 is 121 Å². The quantitative estimate of drug-likeness (QED) is 0.0152. The topological polar surface area (TPSA) is 287 Å². The summed E-state index contributed by atoms with van der Waals surface area (Å²) in [6.07, 6.45) is -15.7. The summed E-state index contributed by atoms with van der Waals surface area (Å²) >= 11 is 0. The van der Waals surface area contributed by atoms with Gasteiger partial charge in [0.25, 0.3) is 0 Å². The molecule has 22 nitrogen and oxygen atoms in total. The Bertz CT molecular complexity index is 3310. The van der Waals surface area contributed by atoms with Crippen LogP contribution in [0.5, 0.6) is 0 Å². The Hall–Kier alpha value is -7.68. The van der Waals surface area contributed by atoms with Gasteiger partial charge in [0.05, 0.1) is 40.5 Å². The Morgan fingerprint density at radius 2 is 0.727 bits per heavy atom. The summed E-state index contributed by atoms with van der Waals surface area (Å²) in [6.45, 7) is -1.77. The van der Waals surface area contributed by atoms with Crippen molar-refractivity contribution in [3.05, 3.63) is 215 Å². The molecule has 8 rings (SSSR count). The average Bonchev–Trinajstić information content (AvgIpc) is 1.78. The maximum atomic E-state index is 14.6. The van der Waals surface area contributed by atoms with Crippen LogP contribution < -0.4 is 29.6 Å². The second kappa shape index (κ2) is 34.2. The van der Waals surface area contributed by atoms with Gasteiger partial charge in [-0.2, -0.15) is 0 Å². The number of unbranched alkanes of at least 4 members (excludes halogenated alkanes) is 5. The van der Waals surface area contributed by atoms with Gasteiger partial charge >= 0.3 is 71.3 Å². The van der Waals surface area contributed by atoms with Crippen LogP contribution in [0, 0.1) is 0 Å². The van der Waals surface area contributed by atoms with E-state index in [4.69, 9.17) is 56.3 Å². The fraction of sp³-hybridized carbons (Fsp3) is 0.328. The van der Waals surface area contributed by atoms with Gasteiger partial charge < -0.3 is 56.7 Å². The van der Waals surface area contributed by atoms with E-state index in [2.05, 4.69) is 0 Å². The monoisotopic (exact) mass is 1240 g/mol. The Morgan fingerprint density at radius 3 is 1.11 bits per heavy atom. The Balaban J connectivity index is 0.0000110. The van der Waals surface area contributed by atoms with Crippen LogP contribution in [-0.4, -0.2) is 143 Å². The third-order valence-corrected chi connectivity index (χ3v) is 14.2. The van der Waals surface area contributed by atoms with Gasteiger partial charge in [0.15, 0.2) is 37.0 Å². The van der Waals surface area contributed by atoms with Crippen molar-refractivity contribution in [1.29, 1.82) is 0 Å². The van der Waals surface area contributed by atoms with Gasteiger partial charge in [0.2, 0.25) is 10.4 Å². The number of benzene rings is 6. The molecule has 0 bridgehead atoms. The van der Waals surface area contributed by atoms with Crippen LogP contribution in [0.3, 0.4) is 0 Å². The molecule has 6 aromatic rings. The predicted molar refractivity (Wildman–Crippen MR) is 303 cm³/mol. The van der Waals surface area contributed by atoms with E-state index in [1.54, 1.807) is 84.9 Å². The molecule has 0 spiro atoms. The van der Waals surface area contributed by atoms with Gasteiger partial charge in [-0.15, -0.1) is 0 Å². The maximum Gasteiger partial charge on any atom is 1.00 e. The van der Waals surface area contributed by atoms with Crippen molar-refractivity contribution in [1.82, 2.24) is 0 Å². The van der Waals surface area contributed by atoms with Crippen LogP contribution in [0.15, 0.2) is 182 Å². The third kappa shape index (κ3) is 19.9. The number of methoxy groups -OCH3 is 1. The van der Waals surface area contributed by atoms with E-state index >= 15 is 0 Å². The minimum Gasteiger partial charge on any atom is -0.726 e. The van der Waals surface area contributed by atoms with E-state index in [0.717, 1.165) is 19.3 Å². The molecular formula is C64H63NaO22S. The molecule has 2 aliphatic heterocycles. The standard InChI is InChI=1S/C64H64O22S.Na/c1-75-50(65)38-24-4-2-3-5-25-39-76-63-55(83-61(70)46-34-20-10-21-35-46)53(81-59(68)44-30-16-8-17-31-44)51(48(79-63)40-77-57(66)42-26-12-6-13-27-42)85-64-56(84-62(71)47-36-22-11-23-37-47)54(82-60(69)45-32-18-9-19-33-45)52(86-87(72,73)74)49(80-64)41-78-58(67)43-28-14-7-15-29-43;/h6-23,26-37,48-49,51-56,63-64H,2-5,24-25,38-41H2,1H3,(H,72,73,74);/q;+1/p-1/t48-,49-,51-,52+,53+,54+,55-,56-,63-,64+;/m1./s1.